The van der Waals surface area contributed by atoms with Crippen LogP contribution in [0.25, 0.3) is 0 Å². The van der Waals surface area contributed by atoms with Crippen molar-refractivity contribution in [1.82, 2.24) is 5.32 Å². The van der Waals surface area contributed by atoms with Crippen LogP contribution in [0, 0.1) is 0 Å². The van der Waals surface area contributed by atoms with Crippen molar-refractivity contribution in [3.8, 4) is 5.75 Å². The molecule has 120 valence electrons. The van der Waals surface area contributed by atoms with E-state index in [1.165, 1.54) is 11.1 Å². The predicted molar refractivity (Wildman–Crippen MR) is 92.5 cm³/mol. The van der Waals surface area contributed by atoms with E-state index < -0.39 is 0 Å². The second kappa shape index (κ2) is 6.83. The van der Waals surface area contributed by atoms with Crippen LogP contribution >= 0.6 is 0 Å². The zero-order chi connectivity index (χ0) is 16.3. The van der Waals surface area contributed by atoms with Gasteiger partial charge < -0.3 is 10.1 Å². The van der Waals surface area contributed by atoms with Gasteiger partial charge in [-0.25, -0.2) is 0 Å². The summed E-state index contributed by atoms with van der Waals surface area (Å²) in [4.78, 5) is 0. The molecule has 0 aromatic heterocycles. The first kappa shape index (κ1) is 18.0. The van der Waals surface area contributed by atoms with E-state index in [1.807, 2.05) is 0 Å². The molecule has 0 aliphatic heterocycles. The summed E-state index contributed by atoms with van der Waals surface area (Å²) >= 11 is 0. The lowest BCUT2D eigenvalue weighted by molar-refractivity contribution is 0.307. The zero-order valence-corrected chi connectivity index (χ0v) is 15.1. The molecule has 0 radical (unpaired) electrons. The normalized spacial score (nSPS) is 12.8. The van der Waals surface area contributed by atoms with E-state index in [9.17, 15) is 0 Å². The first-order valence-corrected chi connectivity index (χ1v) is 8.02. The molecule has 0 aliphatic rings. The van der Waals surface area contributed by atoms with E-state index in [4.69, 9.17) is 4.74 Å². The van der Waals surface area contributed by atoms with Gasteiger partial charge in [0.1, 0.15) is 12.4 Å². The lowest BCUT2D eigenvalue weighted by Gasteiger charge is -2.26. The van der Waals surface area contributed by atoms with Crippen LogP contribution in [0.3, 0.4) is 0 Å². The minimum absolute atomic E-state index is 0.134. The summed E-state index contributed by atoms with van der Waals surface area (Å²) in [6, 6.07) is 7.19. The number of nitrogens with one attached hydrogen (secondary N) is 1. The number of rotatable bonds is 5. The summed E-state index contributed by atoms with van der Waals surface area (Å²) in [7, 11) is 0. The Morgan fingerprint density at radius 2 is 1.38 bits per heavy atom. The van der Waals surface area contributed by atoms with Crippen LogP contribution in [-0.2, 0) is 10.8 Å². The Kier molecular flexibility index (Phi) is 5.86. The van der Waals surface area contributed by atoms with Crippen molar-refractivity contribution in [2.24, 2.45) is 0 Å². The fourth-order valence-electron chi connectivity index (χ4n) is 2.06. The summed E-state index contributed by atoms with van der Waals surface area (Å²) in [5, 5.41) is 3.38. The van der Waals surface area contributed by atoms with Crippen LogP contribution in [0.4, 0.5) is 0 Å². The Morgan fingerprint density at radius 1 is 0.905 bits per heavy atom. The Balaban J connectivity index is 2.93. The molecule has 1 rings (SSSR count). The highest BCUT2D eigenvalue weighted by atomic mass is 16.5. The summed E-state index contributed by atoms with van der Waals surface area (Å²) in [6.45, 7) is 19.4. The molecule has 1 aromatic rings. The van der Waals surface area contributed by atoms with Crippen molar-refractivity contribution in [1.29, 1.82) is 0 Å². The van der Waals surface area contributed by atoms with Crippen LogP contribution in [0.2, 0.25) is 0 Å². The SMILES string of the molecule is CC(C)NCCOc1cc(C(C)(C)C)cc(C(C)(C)C)c1. The van der Waals surface area contributed by atoms with Gasteiger partial charge in [0.05, 0.1) is 0 Å². The largest absolute Gasteiger partial charge is 0.492 e. The molecule has 0 fully saturated rings. The van der Waals surface area contributed by atoms with Gasteiger partial charge in [0.2, 0.25) is 0 Å². The Labute approximate surface area is 131 Å². The van der Waals surface area contributed by atoms with Gasteiger partial charge in [-0.2, -0.15) is 0 Å². The molecule has 0 bridgehead atoms. The number of benzene rings is 1. The van der Waals surface area contributed by atoms with E-state index in [0.29, 0.717) is 12.6 Å². The van der Waals surface area contributed by atoms with Crippen LogP contribution in [0.5, 0.6) is 5.75 Å². The van der Waals surface area contributed by atoms with Crippen LogP contribution in [-0.4, -0.2) is 19.2 Å². The Morgan fingerprint density at radius 3 is 1.76 bits per heavy atom. The van der Waals surface area contributed by atoms with Gasteiger partial charge in [-0.15, -0.1) is 0 Å². The third-order valence-corrected chi connectivity index (χ3v) is 3.56. The Hall–Kier alpha value is -1.02. The highest BCUT2D eigenvalue weighted by Crippen LogP contribution is 2.32. The second-order valence-electron chi connectivity index (χ2n) is 8.20. The molecular weight excluding hydrogens is 258 g/mol. The van der Waals surface area contributed by atoms with E-state index in [2.05, 4.69) is 78.9 Å². The van der Waals surface area contributed by atoms with Crippen LogP contribution < -0.4 is 10.1 Å². The lowest BCUT2D eigenvalue weighted by Crippen LogP contribution is -2.27. The molecule has 21 heavy (non-hydrogen) atoms. The summed E-state index contributed by atoms with van der Waals surface area (Å²) < 4.78 is 5.97. The maximum absolute atomic E-state index is 5.97. The van der Waals surface area contributed by atoms with Gasteiger partial charge in [-0.1, -0.05) is 61.5 Å². The van der Waals surface area contributed by atoms with Crippen molar-refractivity contribution in [3.63, 3.8) is 0 Å². The number of ether oxygens (including phenoxy) is 1. The molecular formula is C19H33NO. The summed E-state index contributed by atoms with van der Waals surface area (Å²) in [5.41, 5.74) is 2.94. The second-order valence-corrected chi connectivity index (χ2v) is 8.20. The van der Waals surface area contributed by atoms with Gasteiger partial charge in [-0.05, 0) is 34.1 Å². The third kappa shape index (κ3) is 6.09. The average Bonchev–Trinajstić information content (AvgIpc) is 2.32. The van der Waals surface area contributed by atoms with Gasteiger partial charge in [0, 0.05) is 12.6 Å². The zero-order valence-electron chi connectivity index (χ0n) is 15.1. The molecule has 0 spiro atoms. The van der Waals surface area contributed by atoms with E-state index >= 15 is 0 Å². The maximum Gasteiger partial charge on any atom is 0.119 e. The van der Waals surface area contributed by atoms with Crippen molar-refractivity contribution in [3.05, 3.63) is 29.3 Å². The smallest absolute Gasteiger partial charge is 0.119 e. The molecule has 0 saturated heterocycles. The highest BCUT2D eigenvalue weighted by molar-refractivity contribution is 5.40. The van der Waals surface area contributed by atoms with Gasteiger partial charge in [-0.3, -0.25) is 0 Å². The summed E-state index contributed by atoms with van der Waals surface area (Å²) in [5.74, 6) is 0.984. The highest BCUT2D eigenvalue weighted by Gasteiger charge is 2.20. The molecule has 0 heterocycles. The monoisotopic (exact) mass is 291 g/mol. The third-order valence-electron chi connectivity index (χ3n) is 3.56. The molecule has 0 atom stereocenters. The molecule has 0 unspecified atom stereocenters. The number of hydrogen-bond donors (Lipinski definition) is 1. The van der Waals surface area contributed by atoms with Crippen LogP contribution in [0.15, 0.2) is 18.2 Å². The Bertz CT molecular complexity index is 417. The van der Waals surface area contributed by atoms with E-state index in [0.717, 1.165) is 12.3 Å². The van der Waals surface area contributed by atoms with Crippen molar-refractivity contribution >= 4 is 0 Å². The predicted octanol–water partition coefficient (Wildman–Crippen LogP) is 4.66. The molecule has 2 heteroatoms. The molecule has 1 N–H and O–H groups in total. The first-order chi connectivity index (χ1) is 9.50. The molecule has 0 amide bonds. The molecule has 1 aromatic carbocycles. The van der Waals surface area contributed by atoms with Gasteiger partial charge >= 0.3 is 0 Å². The lowest BCUT2D eigenvalue weighted by atomic mass is 9.80. The van der Waals surface area contributed by atoms with E-state index in [-0.39, 0.29) is 10.8 Å². The minimum Gasteiger partial charge on any atom is -0.492 e. The van der Waals surface area contributed by atoms with Gasteiger partial charge in [0.25, 0.3) is 0 Å². The van der Waals surface area contributed by atoms with Gasteiger partial charge in [0.15, 0.2) is 0 Å². The topological polar surface area (TPSA) is 21.3 Å². The fourth-order valence-corrected chi connectivity index (χ4v) is 2.06. The fraction of sp³-hybridized carbons (Fsp3) is 0.684. The van der Waals surface area contributed by atoms with Crippen LogP contribution in [0.1, 0.15) is 66.5 Å². The molecule has 0 aliphatic carbocycles. The van der Waals surface area contributed by atoms with E-state index in [1.54, 1.807) is 0 Å². The van der Waals surface area contributed by atoms with Crippen molar-refractivity contribution < 1.29 is 4.74 Å². The standard InChI is InChI=1S/C19H33NO/c1-14(2)20-9-10-21-17-12-15(18(3,4)5)11-16(13-17)19(6,7)8/h11-14,20H,9-10H2,1-8H3. The quantitative estimate of drug-likeness (QED) is 0.797. The molecule has 0 saturated carbocycles. The minimum atomic E-state index is 0.134. The first-order valence-electron chi connectivity index (χ1n) is 8.02. The molecule has 2 nitrogen and oxygen atoms in total. The van der Waals surface area contributed by atoms with Crippen molar-refractivity contribution in [2.45, 2.75) is 72.3 Å². The summed E-state index contributed by atoms with van der Waals surface area (Å²) in [6.07, 6.45) is 0. The van der Waals surface area contributed by atoms with Crippen molar-refractivity contribution in [2.75, 3.05) is 13.2 Å². The maximum atomic E-state index is 5.97. The number of hydrogen-bond acceptors (Lipinski definition) is 2. The average molecular weight is 291 g/mol.